The Balaban J connectivity index is 0.00000200. The summed E-state index contributed by atoms with van der Waals surface area (Å²) in [5.74, 6) is 1.77. The van der Waals surface area contributed by atoms with Crippen LogP contribution >= 0.6 is 24.0 Å². The zero-order valence-corrected chi connectivity index (χ0v) is 15.1. The molecule has 0 fully saturated rings. The fraction of sp³-hybridized carbons (Fsp3) is 0.562. The Labute approximate surface area is 139 Å². The van der Waals surface area contributed by atoms with E-state index in [0.29, 0.717) is 0 Å². The van der Waals surface area contributed by atoms with Gasteiger partial charge in [0.2, 0.25) is 0 Å². The van der Waals surface area contributed by atoms with Crippen molar-refractivity contribution in [1.82, 2.24) is 10.2 Å². The van der Waals surface area contributed by atoms with Crippen molar-refractivity contribution in [3.8, 4) is 0 Å². The molecule has 0 unspecified atom stereocenters. The molecule has 20 heavy (non-hydrogen) atoms. The molecule has 0 spiro atoms. The van der Waals surface area contributed by atoms with Gasteiger partial charge in [0.15, 0.2) is 5.96 Å². The van der Waals surface area contributed by atoms with E-state index in [-0.39, 0.29) is 24.0 Å². The van der Waals surface area contributed by atoms with E-state index in [1.54, 1.807) is 0 Å². The highest BCUT2D eigenvalue weighted by atomic mass is 127. The van der Waals surface area contributed by atoms with E-state index in [1.807, 2.05) is 7.05 Å². The third-order valence-electron chi connectivity index (χ3n) is 3.65. The lowest BCUT2D eigenvalue weighted by Gasteiger charge is -2.31. The smallest absolute Gasteiger partial charge is 0.193 e. The number of halogens is 1. The maximum atomic E-state index is 4.41. The number of nitrogens with zero attached hydrogens (tertiary/aromatic N) is 2. The van der Waals surface area contributed by atoms with Crippen LogP contribution in [-0.4, -0.2) is 31.0 Å². The normalized spacial score (nSPS) is 14.8. The third-order valence-corrected chi connectivity index (χ3v) is 3.65. The first kappa shape index (κ1) is 17.3. The van der Waals surface area contributed by atoms with Crippen molar-refractivity contribution >= 4 is 29.9 Å². The fourth-order valence-corrected chi connectivity index (χ4v) is 2.48. The minimum Gasteiger partial charge on any atom is -0.356 e. The van der Waals surface area contributed by atoms with Crippen molar-refractivity contribution < 1.29 is 0 Å². The molecular weight excluding hydrogens is 361 g/mol. The first-order chi connectivity index (χ1) is 9.20. The van der Waals surface area contributed by atoms with Gasteiger partial charge >= 0.3 is 0 Å². The van der Waals surface area contributed by atoms with Gasteiger partial charge in [-0.15, -0.1) is 24.0 Å². The molecule has 0 saturated carbocycles. The molecule has 0 atom stereocenters. The van der Waals surface area contributed by atoms with Crippen molar-refractivity contribution in [2.75, 3.05) is 20.1 Å². The van der Waals surface area contributed by atoms with Crippen molar-refractivity contribution in [1.29, 1.82) is 0 Å². The van der Waals surface area contributed by atoms with E-state index in [0.717, 1.165) is 37.9 Å². The number of aliphatic imine (C=N–C) groups is 1. The lowest BCUT2D eigenvalue weighted by atomic mass is 10.0. The highest BCUT2D eigenvalue weighted by molar-refractivity contribution is 14.0. The van der Waals surface area contributed by atoms with Crippen LogP contribution in [-0.2, 0) is 13.0 Å². The molecular formula is C16H26IN3. The second-order valence-electron chi connectivity index (χ2n) is 5.60. The Hall–Kier alpha value is -0.780. The van der Waals surface area contributed by atoms with E-state index in [4.69, 9.17) is 0 Å². The maximum Gasteiger partial charge on any atom is 0.193 e. The molecule has 2 rings (SSSR count). The lowest BCUT2D eigenvalue weighted by Crippen LogP contribution is -2.44. The summed E-state index contributed by atoms with van der Waals surface area (Å²) < 4.78 is 0. The van der Waals surface area contributed by atoms with Crippen molar-refractivity contribution in [3.05, 3.63) is 35.4 Å². The summed E-state index contributed by atoms with van der Waals surface area (Å²) in [6.45, 7) is 7.53. The number of benzene rings is 1. The molecule has 1 N–H and O–H groups in total. The van der Waals surface area contributed by atoms with Crippen LogP contribution in [0.3, 0.4) is 0 Å². The Kier molecular flexibility index (Phi) is 7.34. The average Bonchev–Trinajstić information content (AvgIpc) is 2.43. The van der Waals surface area contributed by atoms with Gasteiger partial charge in [-0.25, -0.2) is 0 Å². The molecule has 4 heteroatoms. The third kappa shape index (κ3) is 4.65. The molecule has 1 heterocycles. The minimum atomic E-state index is 0. The van der Waals surface area contributed by atoms with Crippen LogP contribution in [0.4, 0.5) is 0 Å². The zero-order valence-electron chi connectivity index (χ0n) is 12.7. The van der Waals surface area contributed by atoms with Gasteiger partial charge in [-0.05, 0) is 29.9 Å². The summed E-state index contributed by atoms with van der Waals surface area (Å²) in [5.41, 5.74) is 2.91. The number of nitrogens with one attached hydrogen (secondary N) is 1. The van der Waals surface area contributed by atoms with E-state index in [1.165, 1.54) is 17.5 Å². The Bertz CT molecular complexity index is 443. The Morgan fingerprint density at radius 1 is 1.30 bits per heavy atom. The minimum absolute atomic E-state index is 0. The standard InChI is InChI=1S/C16H25N3.HI/c1-13(2)8-10-18-16(17-3)19-11-9-14-6-4-5-7-15(14)12-19;/h4-7,13H,8-12H2,1-3H3,(H,17,18);1H. The molecule has 0 saturated heterocycles. The van der Waals surface area contributed by atoms with Crippen LogP contribution in [0, 0.1) is 5.92 Å². The molecule has 0 aromatic heterocycles. The zero-order chi connectivity index (χ0) is 13.7. The van der Waals surface area contributed by atoms with Gasteiger partial charge in [-0.2, -0.15) is 0 Å². The molecule has 1 aliphatic heterocycles. The summed E-state index contributed by atoms with van der Waals surface area (Å²) in [7, 11) is 1.87. The highest BCUT2D eigenvalue weighted by Crippen LogP contribution is 2.18. The number of fused-ring (bicyclic) bond motifs is 1. The van der Waals surface area contributed by atoms with Gasteiger partial charge in [0, 0.05) is 26.7 Å². The van der Waals surface area contributed by atoms with Gasteiger partial charge in [0.1, 0.15) is 0 Å². The lowest BCUT2D eigenvalue weighted by molar-refractivity contribution is 0.377. The van der Waals surface area contributed by atoms with Crippen LogP contribution < -0.4 is 5.32 Å². The topological polar surface area (TPSA) is 27.6 Å². The molecule has 1 aromatic carbocycles. The maximum absolute atomic E-state index is 4.41. The highest BCUT2D eigenvalue weighted by Gasteiger charge is 2.18. The SMILES string of the molecule is CN=C(NCCC(C)C)N1CCc2ccccc2C1.I. The molecule has 0 radical (unpaired) electrons. The van der Waals surface area contributed by atoms with Crippen LogP contribution in [0.1, 0.15) is 31.4 Å². The van der Waals surface area contributed by atoms with Crippen LogP contribution in [0.5, 0.6) is 0 Å². The summed E-state index contributed by atoms with van der Waals surface area (Å²) in [4.78, 5) is 6.76. The van der Waals surface area contributed by atoms with Gasteiger partial charge in [-0.3, -0.25) is 4.99 Å². The molecule has 3 nitrogen and oxygen atoms in total. The molecule has 0 amide bonds. The van der Waals surface area contributed by atoms with Gasteiger partial charge in [0.25, 0.3) is 0 Å². The fourth-order valence-electron chi connectivity index (χ4n) is 2.48. The summed E-state index contributed by atoms with van der Waals surface area (Å²) in [6.07, 6.45) is 2.30. The van der Waals surface area contributed by atoms with E-state index in [2.05, 4.69) is 53.3 Å². The second-order valence-corrected chi connectivity index (χ2v) is 5.60. The molecule has 112 valence electrons. The van der Waals surface area contributed by atoms with Crippen LogP contribution in [0.15, 0.2) is 29.3 Å². The summed E-state index contributed by atoms with van der Waals surface area (Å²) >= 11 is 0. The number of guanidine groups is 1. The molecule has 0 bridgehead atoms. The van der Waals surface area contributed by atoms with E-state index >= 15 is 0 Å². The quantitative estimate of drug-likeness (QED) is 0.490. The summed E-state index contributed by atoms with van der Waals surface area (Å²) in [5, 5.41) is 3.48. The van der Waals surface area contributed by atoms with E-state index in [9.17, 15) is 0 Å². The number of hydrogen-bond donors (Lipinski definition) is 1. The second kappa shape index (κ2) is 8.49. The van der Waals surface area contributed by atoms with Crippen LogP contribution in [0.25, 0.3) is 0 Å². The van der Waals surface area contributed by atoms with Crippen molar-refractivity contribution in [2.45, 2.75) is 33.2 Å². The molecule has 1 aromatic rings. The Morgan fingerprint density at radius 3 is 2.65 bits per heavy atom. The number of hydrogen-bond acceptors (Lipinski definition) is 1. The number of rotatable bonds is 3. The summed E-state index contributed by atoms with van der Waals surface area (Å²) in [6, 6.07) is 8.71. The first-order valence-corrected chi connectivity index (χ1v) is 7.23. The predicted molar refractivity (Wildman–Crippen MR) is 96.8 cm³/mol. The first-order valence-electron chi connectivity index (χ1n) is 7.23. The van der Waals surface area contributed by atoms with Crippen LogP contribution in [0.2, 0.25) is 0 Å². The molecule has 1 aliphatic rings. The Morgan fingerprint density at radius 2 is 2.00 bits per heavy atom. The van der Waals surface area contributed by atoms with E-state index < -0.39 is 0 Å². The molecule has 0 aliphatic carbocycles. The average molecular weight is 387 g/mol. The monoisotopic (exact) mass is 387 g/mol. The van der Waals surface area contributed by atoms with Crippen molar-refractivity contribution in [2.24, 2.45) is 10.9 Å². The van der Waals surface area contributed by atoms with Crippen molar-refractivity contribution in [3.63, 3.8) is 0 Å². The van der Waals surface area contributed by atoms with Gasteiger partial charge < -0.3 is 10.2 Å². The van der Waals surface area contributed by atoms with Gasteiger partial charge in [0.05, 0.1) is 0 Å². The van der Waals surface area contributed by atoms with Gasteiger partial charge in [-0.1, -0.05) is 38.1 Å². The predicted octanol–water partition coefficient (Wildman–Crippen LogP) is 3.28. The largest absolute Gasteiger partial charge is 0.356 e.